The third kappa shape index (κ3) is 3.80. The van der Waals surface area contributed by atoms with Gasteiger partial charge in [-0.1, -0.05) is 30.3 Å². The maximum atomic E-state index is 13.8. The molecule has 150 valence electrons. The summed E-state index contributed by atoms with van der Waals surface area (Å²) >= 11 is 0. The van der Waals surface area contributed by atoms with Crippen molar-refractivity contribution in [1.82, 2.24) is 10.9 Å². The summed E-state index contributed by atoms with van der Waals surface area (Å²) in [7, 11) is 0. The summed E-state index contributed by atoms with van der Waals surface area (Å²) in [5, 5.41) is 3.52. The third-order valence-corrected chi connectivity index (χ3v) is 4.21. The lowest BCUT2D eigenvalue weighted by molar-refractivity contribution is -0.143. The van der Waals surface area contributed by atoms with Gasteiger partial charge in [-0.3, -0.25) is 10.9 Å². The lowest BCUT2D eigenvalue weighted by Gasteiger charge is -2.15. The quantitative estimate of drug-likeness (QED) is 0.312. The fourth-order valence-electron chi connectivity index (χ4n) is 2.84. The fourth-order valence-corrected chi connectivity index (χ4v) is 2.84. The van der Waals surface area contributed by atoms with Crippen LogP contribution in [0.2, 0.25) is 0 Å². The second-order valence-corrected chi connectivity index (χ2v) is 5.96. The van der Waals surface area contributed by atoms with Gasteiger partial charge in [-0.15, -0.1) is 0 Å². The summed E-state index contributed by atoms with van der Waals surface area (Å²) in [5.41, 5.74) is 4.30. The van der Waals surface area contributed by atoms with Crippen molar-refractivity contribution < 1.29 is 30.7 Å². The standard InChI is InChI=1S/C17H13F7N4/c18-12-11(17(22,23)24)13(19)15(21)16(14(12)20)28-26-7-10-9(6-25-27-10)8-4-2-1-3-5-8/h1-5,7,9-10,25,27-28H,6H2/b26-7+. The number of nitrogens with zero attached hydrogens (tertiary/aromatic N) is 1. The molecule has 1 fully saturated rings. The Bertz CT molecular complexity index is 854. The number of alkyl halides is 3. The van der Waals surface area contributed by atoms with E-state index in [-0.39, 0.29) is 5.92 Å². The number of hydrazone groups is 1. The Labute approximate surface area is 154 Å². The second-order valence-electron chi connectivity index (χ2n) is 5.96. The second kappa shape index (κ2) is 7.76. The average Bonchev–Trinajstić information content (AvgIpc) is 3.11. The van der Waals surface area contributed by atoms with Crippen molar-refractivity contribution in [2.45, 2.75) is 18.1 Å². The van der Waals surface area contributed by atoms with Crippen LogP contribution in [0, 0.1) is 23.3 Å². The van der Waals surface area contributed by atoms with Gasteiger partial charge in [0.2, 0.25) is 0 Å². The van der Waals surface area contributed by atoms with E-state index in [2.05, 4.69) is 16.0 Å². The van der Waals surface area contributed by atoms with Crippen molar-refractivity contribution in [3.05, 3.63) is 64.7 Å². The SMILES string of the molecule is Fc1c(F)c(C(F)(F)F)c(F)c(F)c1N/N=C/C1NNCC1c1ccccc1. The Morgan fingerprint density at radius 1 is 0.964 bits per heavy atom. The summed E-state index contributed by atoms with van der Waals surface area (Å²) in [5.74, 6) is -9.65. The molecule has 2 atom stereocenters. The molecule has 11 heteroatoms. The van der Waals surface area contributed by atoms with Gasteiger partial charge in [-0.05, 0) is 5.56 Å². The van der Waals surface area contributed by atoms with Crippen molar-refractivity contribution in [3.8, 4) is 0 Å². The topological polar surface area (TPSA) is 48.5 Å². The van der Waals surface area contributed by atoms with E-state index < -0.39 is 46.7 Å². The van der Waals surface area contributed by atoms with E-state index in [0.717, 1.165) is 5.56 Å². The van der Waals surface area contributed by atoms with E-state index in [1.807, 2.05) is 30.3 Å². The molecule has 1 heterocycles. The third-order valence-electron chi connectivity index (χ3n) is 4.21. The largest absolute Gasteiger partial charge is 0.422 e. The molecule has 1 aliphatic rings. The van der Waals surface area contributed by atoms with Gasteiger partial charge in [-0.2, -0.15) is 18.3 Å². The molecular weight excluding hydrogens is 393 g/mol. The summed E-state index contributed by atoms with van der Waals surface area (Å²) in [6.07, 6.45) is -4.41. The highest BCUT2D eigenvalue weighted by Crippen LogP contribution is 2.38. The number of hydrogen-bond donors (Lipinski definition) is 3. The number of anilines is 1. The highest BCUT2D eigenvalue weighted by atomic mass is 19.4. The summed E-state index contributed by atoms with van der Waals surface area (Å²) in [6.45, 7) is 0.507. The van der Waals surface area contributed by atoms with Gasteiger partial charge in [0, 0.05) is 18.7 Å². The van der Waals surface area contributed by atoms with Crippen LogP contribution < -0.4 is 16.3 Å². The van der Waals surface area contributed by atoms with Crippen molar-refractivity contribution >= 4 is 11.9 Å². The monoisotopic (exact) mass is 406 g/mol. The highest BCUT2D eigenvalue weighted by molar-refractivity contribution is 5.68. The first-order valence-corrected chi connectivity index (χ1v) is 7.97. The number of benzene rings is 2. The number of rotatable bonds is 4. The van der Waals surface area contributed by atoms with Crippen LogP contribution in [0.15, 0.2) is 35.4 Å². The first-order valence-electron chi connectivity index (χ1n) is 7.97. The van der Waals surface area contributed by atoms with E-state index >= 15 is 0 Å². The number of halogens is 7. The van der Waals surface area contributed by atoms with E-state index in [0.29, 0.717) is 6.54 Å². The summed E-state index contributed by atoms with van der Waals surface area (Å²) in [4.78, 5) is 0. The van der Waals surface area contributed by atoms with Gasteiger partial charge in [0.1, 0.15) is 11.3 Å². The van der Waals surface area contributed by atoms with E-state index in [9.17, 15) is 30.7 Å². The van der Waals surface area contributed by atoms with Crippen LogP contribution in [0.3, 0.4) is 0 Å². The number of nitrogens with one attached hydrogen (secondary N) is 3. The van der Waals surface area contributed by atoms with Crippen LogP contribution in [-0.4, -0.2) is 18.8 Å². The smallest absolute Gasteiger partial charge is 0.273 e. The molecule has 0 bridgehead atoms. The zero-order valence-electron chi connectivity index (χ0n) is 13.9. The average molecular weight is 406 g/mol. The molecule has 1 saturated heterocycles. The minimum Gasteiger partial charge on any atom is -0.273 e. The van der Waals surface area contributed by atoms with Crippen LogP contribution in [0.4, 0.5) is 36.4 Å². The molecule has 0 aliphatic carbocycles. The zero-order valence-corrected chi connectivity index (χ0v) is 13.9. The first-order chi connectivity index (χ1) is 13.2. The minimum atomic E-state index is -5.60. The fraction of sp³-hybridized carbons (Fsp3) is 0.235. The Morgan fingerprint density at radius 3 is 2.14 bits per heavy atom. The molecule has 3 N–H and O–H groups in total. The van der Waals surface area contributed by atoms with Crippen molar-refractivity contribution in [2.24, 2.45) is 5.10 Å². The molecule has 4 nitrogen and oxygen atoms in total. The Morgan fingerprint density at radius 2 is 1.57 bits per heavy atom. The maximum Gasteiger partial charge on any atom is 0.422 e. The van der Waals surface area contributed by atoms with E-state index in [1.165, 1.54) is 6.21 Å². The molecule has 2 aromatic rings. The summed E-state index contributed by atoms with van der Waals surface area (Å²) in [6, 6.07) is 8.71. The minimum absolute atomic E-state index is 0.109. The normalized spacial score (nSPS) is 20.1. The van der Waals surface area contributed by atoms with Gasteiger partial charge < -0.3 is 0 Å². The number of hydrazine groups is 1. The lowest BCUT2D eigenvalue weighted by atomic mass is 9.94. The molecule has 28 heavy (non-hydrogen) atoms. The van der Waals surface area contributed by atoms with Crippen molar-refractivity contribution in [1.29, 1.82) is 0 Å². The van der Waals surface area contributed by atoms with Gasteiger partial charge in [-0.25, -0.2) is 23.0 Å². The zero-order chi connectivity index (χ0) is 20.5. The Hall–Kier alpha value is -2.66. The van der Waals surface area contributed by atoms with Crippen LogP contribution in [0.25, 0.3) is 0 Å². The van der Waals surface area contributed by atoms with Gasteiger partial charge in [0.25, 0.3) is 0 Å². The van der Waals surface area contributed by atoms with Crippen LogP contribution in [0.5, 0.6) is 0 Å². The Balaban J connectivity index is 1.83. The van der Waals surface area contributed by atoms with Crippen molar-refractivity contribution in [2.75, 3.05) is 12.0 Å². The predicted octanol–water partition coefficient (Wildman–Crippen LogP) is 3.92. The van der Waals surface area contributed by atoms with Gasteiger partial charge in [0.15, 0.2) is 23.3 Å². The van der Waals surface area contributed by atoms with Gasteiger partial charge >= 0.3 is 6.18 Å². The molecule has 0 aromatic heterocycles. The lowest BCUT2D eigenvalue weighted by Crippen LogP contribution is -2.32. The predicted molar refractivity (Wildman–Crippen MR) is 87.5 cm³/mol. The van der Waals surface area contributed by atoms with Gasteiger partial charge in [0.05, 0.1) is 6.04 Å². The molecule has 0 saturated carbocycles. The number of hydrogen-bond acceptors (Lipinski definition) is 4. The molecule has 0 amide bonds. The molecular formula is C17H13F7N4. The van der Waals surface area contributed by atoms with Crippen LogP contribution >= 0.6 is 0 Å². The molecule has 1 aliphatic heterocycles. The van der Waals surface area contributed by atoms with E-state index in [4.69, 9.17) is 0 Å². The summed E-state index contributed by atoms with van der Waals surface area (Å²) < 4.78 is 92.6. The maximum absolute atomic E-state index is 13.8. The highest BCUT2D eigenvalue weighted by Gasteiger charge is 2.42. The molecule has 3 rings (SSSR count). The first kappa shape index (κ1) is 20.1. The van der Waals surface area contributed by atoms with E-state index in [1.54, 1.807) is 5.43 Å². The Kier molecular flexibility index (Phi) is 5.57. The van der Waals surface area contributed by atoms with Crippen LogP contribution in [0.1, 0.15) is 17.0 Å². The molecule has 0 spiro atoms. The molecule has 2 unspecified atom stereocenters. The molecule has 2 aromatic carbocycles. The van der Waals surface area contributed by atoms with Crippen LogP contribution in [-0.2, 0) is 6.18 Å². The van der Waals surface area contributed by atoms with Crippen molar-refractivity contribution in [3.63, 3.8) is 0 Å². The molecule has 0 radical (unpaired) electrons.